The molecule has 11 heavy (non-hydrogen) atoms. The second-order valence-corrected chi connectivity index (χ2v) is 5.61. The summed E-state index contributed by atoms with van der Waals surface area (Å²) < 4.78 is 0. The topological polar surface area (TPSA) is 12.9 Å². The summed E-state index contributed by atoms with van der Waals surface area (Å²) >= 11 is 3.74. The Hall–Kier alpha value is -0.0200. The summed E-state index contributed by atoms with van der Waals surface area (Å²) in [6, 6.07) is 0. The van der Waals surface area contributed by atoms with E-state index in [1.54, 1.807) is 11.3 Å². The molecular formula is C8H13NS2. The molecule has 0 aromatic carbocycles. The number of aryl methyl sites for hydroxylation is 1. The lowest BCUT2D eigenvalue weighted by molar-refractivity contribution is 1.10. The molecule has 1 rings (SSSR count). The molecule has 62 valence electrons. The first-order valence-corrected chi connectivity index (χ1v) is 5.58. The van der Waals surface area contributed by atoms with E-state index >= 15 is 0 Å². The number of aromatic nitrogens is 1. The predicted molar refractivity (Wildman–Crippen MR) is 53.3 cm³/mol. The lowest BCUT2D eigenvalue weighted by Crippen LogP contribution is -1.87. The van der Waals surface area contributed by atoms with Crippen molar-refractivity contribution in [2.45, 2.75) is 31.8 Å². The lowest BCUT2D eigenvalue weighted by Gasteiger charge is -2.00. The second kappa shape index (κ2) is 4.12. The van der Waals surface area contributed by atoms with E-state index in [-0.39, 0.29) is 0 Å². The van der Waals surface area contributed by atoms with Crippen molar-refractivity contribution >= 4 is 23.1 Å². The van der Waals surface area contributed by atoms with E-state index in [0.717, 1.165) is 5.75 Å². The molecule has 3 heteroatoms. The van der Waals surface area contributed by atoms with Crippen molar-refractivity contribution in [2.75, 3.05) is 0 Å². The SMILES string of the molecule is Cc1cnc(CSC(C)C)s1. The van der Waals surface area contributed by atoms with Gasteiger partial charge in [-0.2, -0.15) is 11.8 Å². The van der Waals surface area contributed by atoms with Crippen molar-refractivity contribution in [3.05, 3.63) is 16.1 Å². The van der Waals surface area contributed by atoms with Crippen LogP contribution in [0.15, 0.2) is 6.20 Å². The van der Waals surface area contributed by atoms with Crippen LogP contribution in [0.25, 0.3) is 0 Å². The summed E-state index contributed by atoms with van der Waals surface area (Å²) in [5.41, 5.74) is 0. The van der Waals surface area contributed by atoms with Gasteiger partial charge in [0.1, 0.15) is 5.01 Å². The molecule has 0 spiro atoms. The fourth-order valence-electron chi connectivity index (χ4n) is 0.706. The summed E-state index contributed by atoms with van der Waals surface area (Å²) in [6.07, 6.45) is 1.95. The van der Waals surface area contributed by atoms with Crippen LogP contribution in [-0.4, -0.2) is 10.2 Å². The Morgan fingerprint density at radius 1 is 1.64 bits per heavy atom. The molecule has 0 aliphatic rings. The average Bonchev–Trinajstić information content (AvgIpc) is 2.31. The summed E-state index contributed by atoms with van der Waals surface area (Å²) in [6.45, 7) is 6.53. The van der Waals surface area contributed by atoms with Crippen molar-refractivity contribution in [2.24, 2.45) is 0 Å². The van der Waals surface area contributed by atoms with Gasteiger partial charge in [0.25, 0.3) is 0 Å². The molecule has 0 bridgehead atoms. The highest BCUT2D eigenvalue weighted by atomic mass is 32.2. The van der Waals surface area contributed by atoms with E-state index in [1.807, 2.05) is 18.0 Å². The Kier molecular flexibility index (Phi) is 3.40. The van der Waals surface area contributed by atoms with E-state index in [2.05, 4.69) is 25.8 Å². The molecule has 0 fully saturated rings. The van der Waals surface area contributed by atoms with Crippen molar-refractivity contribution in [3.63, 3.8) is 0 Å². The van der Waals surface area contributed by atoms with Crippen LogP contribution in [0.5, 0.6) is 0 Å². The van der Waals surface area contributed by atoms with E-state index in [1.165, 1.54) is 9.88 Å². The van der Waals surface area contributed by atoms with Gasteiger partial charge in [-0.3, -0.25) is 0 Å². The zero-order valence-electron chi connectivity index (χ0n) is 7.13. The Bertz CT molecular complexity index is 218. The highest BCUT2D eigenvalue weighted by Gasteiger charge is 1.99. The smallest absolute Gasteiger partial charge is 0.103 e. The molecule has 0 atom stereocenters. The number of rotatable bonds is 3. The molecule has 0 N–H and O–H groups in total. The van der Waals surface area contributed by atoms with Crippen LogP contribution in [-0.2, 0) is 5.75 Å². The van der Waals surface area contributed by atoms with Gasteiger partial charge in [-0.1, -0.05) is 13.8 Å². The van der Waals surface area contributed by atoms with Crippen molar-refractivity contribution in [1.29, 1.82) is 0 Å². The van der Waals surface area contributed by atoms with Crippen LogP contribution in [0, 0.1) is 6.92 Å². The Morgan fingerprint density at radius 2 is 2.36 bits per heavy atom. The van der Waals surface area contributed by atoms with Gasteiger partial charge in [-0.05, 0) is 12.2 Å². The predicted octanol–water partition coefficient (Wildman–Crippen LogP) is 3.09. The van der Waals surface area contributed by atoms with Crippen molar-refractivity contribution in [1.82, 2.24) is 4.98 Å². The highest BCUT2D eigenvalue weighted by molar-refractivity contribution is 7.99. The standard InChI is InChI=1S/C8H13NS2/c1-6(2)10-5-8-9-4-7(3)11-8/h4,6H,5H2,1-3H3. The van der Waals surface area contributed by atoms with E-state index in [9.17, 15) is 0 Å². The molecule has 0 aliphatic heterocycles. The zero-order valence-corrected chi connectivity index (χ0v) is 8.76. The summed E-state index contributed by atoms with van der Waals surface area (Å²) in [4.78, 5) is 5.60. The summed E-state index contributed by atoms with van der Waals surface area (Å²) in [5, 5.41) is 1.96. The summed E-state index contributed by atoms with van der Waals surface area (Å²) in [7, 11) is 0. The fourth-order valence-corrected chi connectivity index (χ4v) is 2.28. The summed E-state index contributed by atoms with van der Waals surface area (Å²) in [5.74, 6) is 1.07. The maximum Gasteiger partial charge on any atom is 0.103 e. The largest absolute Gasteiger partial charge is 0.249 e. The average molecular weight is 187 g/mol. The van der Waals surface area contributed by atoms with Crippen LogP contribution in [0.2, 0.25) is 0 Å². The molecule has 0 saturated heterocycles. The molecular weight excluding hydrogens is 174 g/mol. The molecule has 1 nitrogen and oxygen atoms in total. The zero-order chi connectivity index (χ0) is 8.27. The Balaban J connectivity index is 2.39. The normalized spacial score (nSPS) is 10.9. The molecule has 0 saturated carbocycles. The quantitative estimate of drug-likeness (QED) is 0.721. The molecule has 1 heterocycles. The van der Waals surface area contributed by atoms with E-state index in [0.29, 0.717) is 5.25 Å². The van der Waals surface area contributed by atoms with Gasteiger partial charge in [-0.15, -0.1) is 11.3 Å². The number of hydrogen-bond donors (Lipinski definition) is 0. The first-order valence-electron chi connectivity index (χ1n) is 3.71. The van der Waals surface area contributed by atoms with E-state index < -0.39 is 0 Å². The van der Waals surface area contributed by atoms with Gasteiger partial charge >= 0.3 is 0 Å². The highest BCUT2D eigenvalue weighted by Crippen LogP contribution is 2.20. The van der Waals surface area contributed by atoms with Crippen LogP contribution in [0.1, 0.15) is 23.7 Å². The first-order chi connectivity index (χ1) is 5.18. The first kappa shape index (κ1) is 9.07. The molecule has 0 amide bonds. The number of hydrogen-bond acceptors (Lipinski definition) is 3. The molecule has 1 aromatic heterocycles. The second-order valence-electron chi connectivity index (χ2n) is 2.72. The Labute approximate surface area is 76.2 Å². The minimum absolute atomic E-state index is 0.708. The third-order valence-electron chi connectivity index (χ3n) is 1.21. The molecule has 0 radical (unpaired) electrons. The van der Waals surface area contributed by atoms with Crippen molar-refractivity contribution < 1.29 is 0 Å². The minimum Gasteiger partial charge on any atom is -0.249 e. The van der Waals surface area contributed by atoms with Crippen LogP contribution in [0.3, 0.4) is 0 Å². The van der Waals surface area contributed by atoms with Gasteiger partial charge < -0.3 is 0 Å². The van der Waals surface area contributed by atoms with Gasteiger partial charge in [0.2, 0.25) is 0 Å². The maximum absolute atomic E-state index is 4.29. The van der Waals surface area contributed by atoms with Gasteiger partial charge in [-0.25, -0.2) is 4.98 Å². The lowest BCUT2D eigenvalue weighted by atomic mass is 10.6. The molecule has 0 aliphatic carbocycles. The van der Waals surface area contributed by atoms with Crippen LogP contribution < -0.4 is 0 Å². The number of nitrogens with zero attached hydrogens (tertiary/aromatic N) is 1. The molecule has 0 unspecified atom stereocenters. The van der Waals surface area contributed by atoms with Crippen LogP contribution in [0.4, 0.5) is 0 Å². The van der Waals surface area contributed by atoms with Gasteiger partial charge in [0.15, 0.2) is 0 Å². The van der Waals surface area contributed by atoms with Gasteiger partial charge in [0, 0.05) is 16.8 Å². The van der Waals surface area contributed by atoms with E-state index in [4.69, 9.17) is 0 Å². The minimum atomic E-state index is 0.708. The van der Waals surface area contributed by atoms with Gasteiger partial charge in [0.05, 0.1) is 0 Å². The van der Waals surface area contributed by atoms with Crippen molar-refractivity contribution in [3.8, 4) is 0 Å². The Morgan fingerprint density at radius 3 is 2.82 bits per heavy atom. The maximum atomic E-state index is 4.29. The fraction of sp³-hybridized carbons (Fsp3) is 0.625. The third-order valence-corrected chi connectivity index (χ3v) is 3.41. The number of thioether (sulfide) groups is 1. The molecule has 1 aromatic rings. The van der Waals surface area contributed by atoms with Crippen LogP contribution >= 0.6 is 23.1 Å². The number of thiazole rings is 1. The monoisotopic (exact) mass is 187 g/mol. The third kappa shape index (κ3) is 3.25.